The molecule has 1 atom stereocenters. The maximum absolute atomic E-state index is 5.69. The molecule has 1 aliphatic rings. The van der Waals surface area contributed by atoms with E-state index < -0.39 is 0 Å². The lowest BCUT2D eigenvalue weighted by Gasteiger charge is -2.36. The van der Waals surface area contributed by atoms with Gasteiger partial charge in [-0.05, 0) is 32.9 Å². The summed E-state index contributed by atoms with van der Waals surface area (Å²) in [5, 5.41) is 3.41. The second-order valence-corrected chi connectivity index (χ2v) is 4.74. The summed E-state index contributed by atoms with van der Waals surface area (Å²) in [6.07, 6.45) is 0. The molecule has 1 unspecified atom stereocenters. The third-order valence-electron chi connectivity index (χ3n) is 3.36. The normalized spacial score (nSPS) is 19.3. The average Bonchev–Trinajstić information content (AvgIpc) is 2.42. The molecule has 0 spiro atoms. The SMILES string of the molecule is CCOc1ccc(N2CCNCC2C)cc1OCC. The van der Waals surface area contributed by atoms with Gasteiger partial charge in [0, 0.05) is 37.4 Å². The quantitative estimate of drug-likeness (QED) is 0.884. The van der Waals surface area contributed by atoms with Crippen molar-refractivity contribution in [3.8, 4) is 11.5 Å². The number of hydrogen-bond acceptors (Lipinski definition) is 4. The third kappa shape index (κ3) is 3.32. The van der Waals surface area contributed by atoms with E-state index in [1.807, 2.05) is 19.9 Å². The third-order valence-corrected chi connectivity index (χ3v) is 3.36. The van der Waals surface area contributed by atoms with Crippen LogP contribution in [-0.4, -0.2) is 38.9 Å². The van der Waals surface area contributed by atoms with Crippen LogP contribution in [0.15, 0.2) is 18.2 Å². The molecule has 0 aliphatic carbocycles. The fourth-order valence-corrected chi connectivity index (χ4v) is 2.44. The highest BCUT2D eigenvalue weighted by Crippen LogP contribution is 2.33. The van der Waals surface area contributed by atoms with Crippen LogP contribution in [0.2, 0.25) is 0 Å². The van der Waals surface area contributed by atoms with Crippen LogP contribution in [0.25, 0.3) is 0 Å². The van der Waals surface area contributed by atoms with Gasteiger partial charge in [0.1, 0.15) is 0 Å². The molecule has 19 heavy (non-hydrogen) atoms. The van der Waals surface area contributed by atoms with Gasteiger partial charge in [-0.1, -0.05) is 0 Å². The average molecular weight is 264 g/mol. The van der Waals surface area contributed by atoms with E-state index in [0.29, 0.717) is 19.3 Å². The summed E-state index contributed by atoms with van der Waals surface area (Å²) >= 11 is 0. The van der Waals surface area contributed by atoms with Crippen LogP contribution in [0.5, 0.6) is 11.5 Å². The van der Waals surface area contributed by atoms with E-state index in [1.54, 1.807) is 0 Å². The Morgan fingerprint density at radius 1 is 1.21 bits per heavy atom. The van der Waals surface area contributed by atoms with E-state index in [-0.39, 0.29) is 0 Å². The molecule has 0 saturated carbocycles. The van der Waals surface area contributed by atoms with Crippen molar-refractivity contribution in [3.05, 3.63) is 18.2 Å². The Morgan fingerprint density at radius 3 is 2.63 bits per heavy atom. The van der Waals surface area contributed by atoms with Crippen LogP contribution in [0.4, 0.5) is 5.69 Å². The molecule has 1 N–H and O–H groups in total. The first-order chi connectivity index (χ1) is 9.26. The van der Waals surface area contributed by atoms with Gasteiger partial charge >= 0.3 is 0 Å². The largest absolute Gasteiger partial charge is 0.490 e. The molecule has 4 heteroatoms. The molecule has 0 aromatic heterocycles. The number of ether oxygens (including phenoxy) is 2. The number of benzene rings is 1. The number of anilines is 1. The minimum Gasteiger partial charge on any atom is -0.490 e. The van der Waals surface area contributed by atoms with E-state index in [4.69, 9.17) is 9.47 Å². The maximum Gasteiger partial charge on any atom is 0.163 e. The molecule has 1 aromatic rings. The van der Waals surface area contributed by atoms with Crippen LogP contribution >= 0.6 is 0 Å². The lowest BCUT2D eigenvalue weighted by atomic mass is 10.1. The van der Waals surface area contributed by atoms with Gasteiger partial charge in [0.15, 0.2) is 11.5 Å². The zero-order valence-electron chi connectivity index (χ0n) is 12.1. The number of piperazine rings is 1. The molecule has 4 nitrogen and oxygen atoms in total. The van der Waals surface area contributed by atoms with E-state index in [1.165, 1.54) is 5.69 Å². The topological polar surface area (TPSA) is 33.7 Å². The Morgan fingerprint density at radius 2 is 1.95 bits per heavy atom. The Kier molecular flexibility index (Phi) is 4.91. The lowest BCUT2D eigenvalue weighted by Crippen LogP contribution is -2.49. The molecule has 1 heterocycles. The smallest absolute Gasteiger partial charge is 0.163 e. The molecule has 0 bridgehead atoms. The van der Waals surface area contributed by atoms with Crippen LogP contribution in [0.1, 0.15) is 20.8 Å². The summed E-state index contributed by atoms with van der Waals surface area (Å²) in [7, 11) is 0. The van der Waals surface area contributed by atoms with Gasteiger partial charge in [-0.3, -0.25) is 0 Å². The molecule has 1 saturated heterocycles. The van der Waals surface area contributed by atoms with Crippen molar-refractivity contribution in [2.75, 3.05) is 37.7 Å². The van der Waals surface area contributed by atoms with Crippen molar-refractivity contribution in [2.45, 2.75) is 26.8 Å². The molecule has 2 rings (SSSR count). The highest BCUT2D eigenvalue weighted by molar-refractivity contribution is 5.57. The molecule has 1 aromatic carbocycles. The summed E-state index contributed by atoms with van der Waals surface area (Å²) < 4.78 is 11.3. The van der Waals surface area contributed by atoms with Crippen molar-refractivity contribution in [1.82, 2.24) is 5.32 Å². The van der Waals surface area contributed by atoms with E-state index in [9.17, 15) is 0 Å². The van der Waals surface area contributed by atoms with Gasteiger partial charge in [-0.15, -0.1) is 0 Å². The number of rotatable bonds is 5. The minimum atomic E-state index is 0.501. The predicted octanol–water partition coefficient (Wildman–Crippen LogP) is 2.28. The van der Waals surface area contributed by atoms with Crippen molar-refractivity contribution >= 4 is 5.69 Å². The molecule has 0 amide bonds. The molecular formula is C15H24N2O2. The van der Waals surface area contributed by atoms with Crippen molar-refractivity contribution < 1.29 is 9.47 Å². The molecule has 0 radical (unpaired) electrons. The summed E-state index contributed by atoms with van der Waals surface area (Å²) in [5.74, 6) is 1.67. The van der Waals surface area contributed by atoms with E-state index >= 15 is 0 Å². The predicted molar refractivity (Wildman–Crippen MR) is 78.5 cm³/mol. The second-order valence-electron chi connectivity index (χ2n) is 4.74. The molecule has 1 fully saturated rings. The van der Waals surface area contributed by atoms with Gasteiger partial charge < -0.3 is 19.7 Å². The van der Waals surface area contributed by atoms with Crippen LogP contribution in [0.3, 0.4) is 0 Å². The Bertz CT molecular complexity index is 409. The van der Waals surface area contributed by atoms with Gasteiger partial charge in [0.05, 0.1) is 13.2 Å². The zero-order chi connectivity index (χ0) is 13.7. The second kappa shape index (κ2) is 6.66. The summed E-state index contributed by atoms with van der Waals surface area (Å²) in [4.78, 5) is 2.41. The number of hydrogen-bond donors (Lipinski definition) is 1. The number of nitrogens with one attached hydrogen (secondary N) is 1. The summed E-state index contributed by atoms with van der Waals surface area (Å²) in [6.45, 7) is 10.6. The van der Waals surface area contributed by atoms with Crippen molar-refractivity contribution in [1.29, 1.82) is 0 Å². The minimum absolute atomic E-state index is 0.501. The van der Waals surface area contributed by atoms with Crippen molar-refractivity contribution in [2.24, 2.45) is 0 Å². The fourth-order valence-electron chi connectivity index (χ4n) is 2.44. The van der Waals surface area contributed by atoms with E-state index in [2.05, 4.69) is 29.3 Å². The Labute approximate surface area is 115 Å². The van der Waals surface area contributed by atoms with Gasteiger partial charge in [0.2, 0.25) is 0 Å². The summed E-state index contributed by atoms with van der Waals surface area (Å²) in [5.41, 5.74) is 1.21. The van der Waals surface area contributed by atoms with Crippen molar-refractivity contribution in [3.63, 3.8) is 0 Å². The van der Waals surface area contributed by atoms with Crippen LogP contribution < -0.4 is 19.7 Å². The highest BCUT2D eigenvalue weighted by atomic mass is 16.5. The first-order valence-electron chi connectivity index (χ1n) is 7.13. The standard InChI is InChI=1S/C15H24N2O2/c1-4-18-14-7-6-13(10-15(14)19-5-2)17-9-8-16-11-12(17)3/h6-7,10,12,16H,4-5,8-9,11H2,1-3H3. The van der Waals surface area contributed by atoms with Gasteiger partial charge in [0.25, 0.3) is 0 Å². The lowest BCUT2D eigenvalue weighted by molar-refractivity contribution is 0.287. The summed E-state index contributed by atoms with van der Waals surface area (Å²) in [6, 6.07) is 6.73. The molecule has 1 aliphatic heterocycles. The Hall–Kier alpha value is -1.42. The molecular weight excluding hydrogens is 240 g/mol. The van der Waals surface area contributed by atoms with Gasteiger partial charge in [-0.2, -0.15) is 0 Å². The molecule has 106 valence electrons. The maximum atomic E-state index is 5.69. The monoisotopic (exact) mass is 264 g/mol. The van der Waals surface area contributed by atoms with E-state index in [0.717, 1.165) is 31.1 Å². The zero-order valence-corrected chi connectivity index (χ0v) is 12.1. The highest BCUT2D eigenvalue weighted by Gasteiger charge is 2.19. The fraction of sp³-hybridized carbons (Fsp3) is 0.600. The van der Waals surface area contributed by atoms with Crippen LogP contribution in [-0.2, 0) is 0 Å². The first kappa shape index (κ1) is 14.0. The first-order valence-corrected chi connectivity index (χ1v) is 7.13. The Balaban J connectivity index is 2.23. The van der Waals surface area contributed by atoms with Gasteiger partial charge in [-0.25, -0.2) is 0 Å². The number of nitrogens with zero attached hydrogens (tertiary/aromatic N) is 1. The van der Waals surface area contributed by atoms with Crippen LogP contribution in [0, 0.1) is 0 Å².